The van der Waals surface area contributed by atoms with Crippen LogP contribution < -0.4 is 5.32 Å². The van der Waals surface area contributed by atoms with Crippen molar-refractivity contribution >= 4 is 33.2 Å². The summed E-state index contributed by atoms with van der Waals surface area (Å²) in [7, 11) is -3.90. The maximum absolute atomic E-state index is 13.6. The van der Waals surface area contributed by atoms with Crippen molar-refractivity contribution < 1.29 is 18.0 Å². The third-order valence-electron chi connectivity index (χ3n) is 5.35. The molecule has 29 heavy (non-hydrogen) atoms. The minimum atomic E-state index is -3.90. The Hall–Kier alpha value is -2.81. The lowest BCUT2D eigenvalue weighted by atomic mass is 9.95. The molecule has 2 aliphatic rings. The first-order valence-corrected chi connectivity index (χ1v) is 11.4. The molecule has 1 aromatic heterocycles. The summed E-state index contributed by atoms with van der Waals surface area (Å²) in [6, 6.07) is 15.2. The first kappa shape index (κ1) is 18.2. The van der Waals surface area contributed by atoms with Crippen molar-refractivity contribution in [1.29, 1.82) is 0 Å². The second-order valence-corrected chi connectivity index (χ2v) is 9.86. The number of benzene rings is 2. The lowest BCUT2D eigenvalue weighted by Crippen LogP contribution is -2.40. The summed E-state index contributed by atoms with van der Waals surface area (Å²) in [5, 5.41) is 4.19. The van der Waals surface area contributed by atoms with E-state index in [0.29, 0.717) is 13.0 Å². The molecular formula is C21H16N2O4S2. The van der Waals surface area contributed by atoms with Gasteiger partial charge in [-0.3, -0.25) is 14.9 Å². The highest BCUT2D eigenvalue weighted by Crippen LogP contribution is 2.40. The molecule has 2 aromatic carbocycles. The molecule has 146 valence electrons. The number of carbonyl (C=O) groups excluding carboxylic acids is 2. The molecule has 0 spiro atoms. The maximum atomic E-state index is 13.6. The van der Waals surface area contributed by atoms with Gasteiger partial charge in [-0.15, -0.1) is 11.3 Å². The van der Waals surface area contributed by atoms with Crippen molar-refractivity contribution in [3.8, 4) is 0 Å². The number of nitrogens with zero attached hydrogens (tertiary/aromatic N) is 1. The van der Waals surface area contributed by atoms with E-state index in [1.165, 1.54) is 27.4 Å². The third kappa shape index (κ3) is 2.83. The molecule has 1 N–H and O–H groups in total. The molecule has 3 aromatic rings. The second kappa shape index (κ2) is 6.62. The van der Waals surface area contributed by atoms with Crippen LogP contribution >= 0.6 is 11.3 Å². The molecule has 2 amide bonds. The lowest BCUT2D eigenvalue weighted by Gasteiger charge is -2.35. The Labute approximate surface area is 171 Å². The smallest absolute Gasteiger partial charge is 0.258 e. The summed E-state index contributed by atoms with van der Waals surface area (Å²) < 4.78 is 28.7. The van der Waals surface area contributed by atoms with Gasteiger partial charge in [0, 0.05) is 11.4 Å². The zero-order valence-corrected chi connectivity index (χ0v) is 16.8. The van der Waals surface area contributed by atoms with Crippen LogP contribution in [0.3, 0.4) is 0 Å². The highest BCUT2D eigenvalue weighted by Gasteiger charge is 2.39. The number of nitrogens with one attached hydrogen (secondary N) is 1. The fourth-order valence-corrected chi connectivity index (χ4v) is 6.50. The van der Waals surface area contributed by atoms with Crippen molar-refractivity contribution in [2.24, 2.45) is 0 Å². The minimum Gasteiger partial charge on any atom is -0.288 e. The first-order chi connectivity index (χ1) is 14.0. The monoisotopic (exact) mass is 424 g/mol. The van der Waals surface area contributed by atoms with E-state index in [1.54, 1.807) is 11.3 Å². The van der Waals surface area contributed by atoms with E-state index in [9.17, 15) is 18.0 Å². The number of imide groups is 1. The van der Waals surface area contributed by atoms with Crippen molar-refractivity contribution in [3.63, 3.8) is 0 Å². The molecular weight excluding hydrogens is 408 g/mol. The molecule has 0 aliphatic carbocycles. The molecule has 1 unspecified atom stereocenters. The molecule has 2 aliphatic heterocycles. The lowest BCUT2D eigenvalue weighted by molar-refractivity contribution is 0.0879. The number of thiophene rings is 1. The average Bonchev–Trinajstić information content (AvgIpc) is 3.32. The van der Waals surface area contributed by atoms with Crippen molar-refractivity contribution in [3.05, 3.63) is 87.1 Å². The van der Waals surface area contributed by atoms with Crippen LogP contribution in [0.25, 0.3) is 0 Å². The zero-order chi connectivity index (χ0) is 20.2. The van der Waals surface area contributed by atoms with Gasteiger partial charge in [-0.25, -0.2) is 8.42 Å². The molecule has 1 atom stereocenters. The predicted molar refractivity (Wildman–Crippen MR) is 108 cm³/mol. The fourth-order valence-electron chi connectivity index (χ4n) is 3.98. The summed E-state index contributed by atoms with van der Waals surface area (Å²) in [5.74, 6) is -1.07. The largest absolute Gasteiger partial charge is 0.288 e. The van der Waals surface area contributed by atoms with E-state index in [1.807, 2.05) is 41.8 Å². The molecule has 5 rings (SSSR count). The number of carbonyl (C=O) groups is 2. The molecule has 6 nitrogen and oxygen atoms in total. The molecule has 0 saturated carbocycles. The van der Waals surface area contributed by atoms with Gasteiger partial charge in [0.2, 0.25) is 10.0 Å². The van der Waals surface area contributed by atoms with Crippen molar-refractivity contribution in [2.75, 3.05) is 6.54 Å². The SMILES string of the molecule is O=C1NC(=O)c2cc(S(=O)(=O)N3CCc4sccc4C3c3ccccc3)ccc21. The number of hydrogen-bond donors (Lipinski definition) is 1. The summed E-state index contributed by atoms with van der Waals surface area (Å²) in [4.78, 5) is 25.0. The van der Waals surface area contributed by atoms with Gasteiger partial charge in [-0.1, -0.05) is 30.3 Å². The molecule has 0 fully saturated rings. The molecule has 3 heterocycles. The van der Waals surface area contributed by atoms with Crippen LogP contribution in [0, 0.1) is 0 Å². The summed E-state index contributed by atoms with van der Waals surface area (Å²) in [6.45, 7) is 0.345. The van der Waals surface area contributed by atoms with Crippen LogP contribution in [-0.2, 0) is 16.4 Å². The average molecular weight is 425 g/mol. The van der Waals surface area contributed by atoms with E-state index in [2.05, 4.69) is 5.32 Å². The molecule has 0 bridgehead atoms. The highest BCUT2D eigenvalue weighted by atomic mass is 32.2. The Morgan fingerprint density at radius 1 is 0.966 bits per heavy atom. The second-order valence-electron chi connectivity index (χ2n) is 6.97. The maximum Gasteiger partial charge on any atom is 0.258 e. The number of rotatable bonds is 3. The summed E-state index contributed by atoms with van der Waals surface area (Å²) in [5.41, 5.74) is 2.18. The van der Waals surface area contributed by atoms with Gasteiger partial charge in [0.05, 0.1) is 22.1 Å². The zero-order valence-electron chi connectivity index (χ0n) is 15.2. The van der Waals surface area contributed by atoms with Crippen LogP contribution in [-0.4, -0.2) is 31.1 Å². The van der Waals surface area contributed by atoms with E-state index < -0.39 is 27.9 Å². The van der Waals surface area contributed by atoms with E-state index in [4.69, 9.17) is 0 Å². The van der Waals surface area contributed by atoms with Gasteiger partial charge >= 0.3 is 0 Å². The Kier molecular flexibility index (Phi) is 4.16. The molecule has 8 heteroatoms. The van der Waals surface area contributed by atoms with Crippen LogP contribution in [0.5, 0.6) is 0 Å². The first-order valence-electron chi connectivity index (χ1n) is 9.09. The van der Waals surface area contributed by atoms with E-state index in [-0.39, 0.29) is 16.0 Å². The topological polar surface area (TPSA) is 83.5 Å². The molecule has 0 radical (unpaired) electrons. The van der Waals surface area contributed by atoms with Crippen molar-refractivity contribution in [1.82, 2.24) is 9.62 Å². The quantitative estimate of drug-likeness (QED) is 0.656. The van der Waals surface area contributed by atoms with Crippen LogP contribution in [0.4, 0.5) is 0 Å². The number of fused-ring (bicyclic) bond motifs is 2. The predicted octanol–water partition coefficient (Wildman–Crippen LogP) is 2.97. The number of amides is 2. The summed E-state index contributed by atoms with van der Waals surface area (Å²) in [6.07, 6.45) is 0.638. The van der Waals surface area contributed by atoms with Crippen LogP contribution in [0.15, 0.2) is 64.9 Å². The number of hydrogen-bond acceptors (Lipinski definition) is 5. The Morgan fingerprint density at radius 3 is 2.52 bits per heavy atom. The fraction of sp³-hybridized carbons (Fsp3) is 0.143. The Morgan fingerprint density at radius 2 is 1.72 bits per heavy atom. The Balaban J connectivity index is 1.63. The van der Waals surface area contributed by atoms with E-state index >= 15 is 0 Å². The third-order valence-corrected chi connectivity index (χ3v) is 8.21. The van der Waals surface area contributed by atoms with Crippen LogP contribution in [0.1, 0.15) is 42.8 Å². The van der Waals surface area contributed by atoms with Crippen molar-refractivity contribution in [2.45, 2.75) is 17.4 Å². The standard InChI is InChI=1S/C21H16N2O4S2/c24-20-15-7-6-14(12-17(15)21(25)22-20)29(26,27)23-10-8-18-16(9-11-28-18)19(23)13-4-2-1-3-5-13/h1-7,9,11-12,19H,8,10H2,(H,22,24,25). The molecule has 0 saturated heterocycles. The van der Waals surface area contributed by atoms with Gasteiger partial charge in [0.15, 0.2) is 0 Å². The van der Waals surface area contributed by atoms with Gasteiger partial charge in [-0.2, -0.15) is 4.31 Å². The minimum absolute atomic E-state index is 0.0145. The number of sulfonamides is 1. The summed E-state index contributed by atoms with van der Waals surface area (Å²) >= 11 is 1.64. The van der Waals surface area contributed by atoms with Gasteiger partial charge in [0.1, 0.15) is 0 Å². The van der Waals surface area contributed by atoms with Crippen LogP contribution in [0.2, 0.25) is 0 Å². The normalized spacial score (nSPS) is 19.0. The van der Waals surface area contributed by atoms with Gasteiger partial charge in [-0.05, 0) is 47.2 Å². The van der Waals surface area contributed by atoms with Gasteiger partial charge in [0.25, 0.3) is 11.8 Å². The van der Waals surface area contributed by atoms with Gasteiger partial charge < -0.3 is 0 Å². The van der Waals surface area contributed by atoms with E-state index in [0.717, 1.165) is 11.1 Å². The Bertz CT molecular complexity index is 1250. The highest BCUT2D eigenvalue weighted by molar-refractivity contribution is 7.89.